The summed E-state index contributed by atoms with van der Waals surface area (Å²) in [5, 5.41) is 0. The van der Waals surface area contributed by atoms with Crippen LogP contribution in [0.5, 0.6) is 0 Å². The Kier molecular flexibility index (Phi) is 3.38. The first-order chi connectivity index (χ1) is 12.7. The van der Waals surface area contributed by atoms with E-state index in [0.29, 0.717) is 30.3 Å². The lowest BCUT2D eigenvalue weighted by Gasteiger charge is -2.32. The molecule has 2 aliphatic heterocycles. The second kappa shape index (κ2) is 5.76. The first-order valence-electron chi connectivity index (χ1n) is 8.93. The third-order valence-electron chi connectivity index (χ3n) is 5.31. The number of nitrogens with zero attached hydrogens (tertiary/aromatic N) is 4. The predicted octanol–water partition coefficient (Wildman–Crippen LogP) is 2.26. The van der Waals surface area contributed by atoms with Gasteiger partial charge in [-0.1, -0.05) is 18.2 Å². The maximum atomic E-state index is 12.6. The minimum Gasteiger partial charge on any atom is -0.310 e. The molecule has 2 aromatic rings. The summed E-state index contributed by atoms with van der Waals surface area (Å²) in [7, 11) is 0. The maximum Gasteiger partial charge on any atom is 0.248 e. The lowest BCUT2D eigenvalue weighted by Crippen LogP contribution is -2.36. The summed E-state index contributed by atoms with van der Waals surface area (Å²) >= 11 is 0. The van der Waals surface area contributed by atoms with Crippen LogP contribution >= 0.6 is 0 Å². The summed E-state index contributed by atoms with van der Waals surface area (Å²) in [6, 6.07) is 6.41. The summed E-state index contributed by atoms with van der Waals surface area (Å²) in [6.45, 7) is 0.787. The molecule has 0 unspecified atom stereocenters. The van der Waals surface area contributed by atoms with Crippen LogP contribution in [-0.2, 0) is 11.2 Å². The van der Waals surface area contributed by atoms with Gasteiger partial charge in [0.1, 0.15) is 24.4 Å². The minimum atomic E-state index is 0.00412. The molecule has 1 saturated carbocycles. The molecular formula is C20H18N4O2. The largest absolute Gasteiger partial charge is 0.310 e. The van der Waals surface area contributed by atoms with Gasteiger partial charge in [-0.15, -0.1) is 0 Å². The topological polar surface area (TPSA) is 67.6 Å². The highest BCUT2D eigenvalue weighted by Gasteiger charge is 2.33. The van der Waals surface area contributed by atoms with Crippen LogP contribution in [0.2, 0.25) is 0 Å². The Hall–Kier alpha value is -3.02. The van der Waals surface area contributed by atoms with Crippen LogP contribution in [-0.4, -0.2) is 45.6 Å². The van der Waals surface area contributed by atoms with Gasteiger partial charge in [0.15, 0.2) is 6.29 Å². The van der Waals surface area contributed by atoms with Crippen molar-refractivity contribution in [2.45, 2.75) is 25.2 Å². The molecule has 0 bridgehead atoms. The minimum absolute atomic E-state index is 0.00412. The first-order valence-corrected chi connectivity index (χ1v) is 8.93. The number of imidazole rings is 1. The number of hydrogen-bond acceptors (Lipinski definition) is 4. The predicted molar refractivity (Wildman–Crippen MR) is 97.1 cm³/mol. The van der Waals surface area contributed by atoms with Crippen LogP contribution in [0.3, 0.4) is 0 Å². The number of carbonyl (C=O) groups excluding carboxylic acids is 2. The normalized spacial score (nSPS) is 19.2. The van der Waals surface area contributed by atoms with Gasteiger partial charge in [-0.25, -0.2) is 4.98 Å². The molecule has 6 heteroatoms. The van der Waals surface area contributed by atoms with E-state index < -0.39 is 0 Å². The van der Waals surface area contributed by atoms with Crippen molar-refractivity contribution in [3.8, 4) is 0 Å². The van der Waals surface area contributed by atoms with Crippen molar-refractivity contribution >= 4 is 23.7 Å². The molecule has 3 heterocycles. The second-order valence-corrected chi connectivity index (χ2v) is 6.97. The Morgan fingerprint density at radius 1 is 1.23 bits per heavy atom. The molecule has 26 heavy (non-hydrogen) atoms. The van der Waals surface area contributed by atoms with E-state index in [1.165, 1.54) is 24.0 Å². The molecule has 1 amide bonds. The van der Waals surface area contributed by atoms with Gasteiger partial charge in [0, 0.05) is 24.4 Å². The zero-order chi connectivity index (χ0) is 17.7. The number of rotatable bonds is 2. The Balaban J connectivity index is 1.64. The maximum absolute atomic E-state index is 12.6. The van der Waals surface area contributed by atoms with Gasteiger partial charge in [-0.2, -0.15) is 0 Å². The quantitative estimate of drug-likeness (QED) is 0.784. The molecule has 1 aromatic heterocycles. The molecule has 1 fully saturated rings. The number of amides is 1. The fraction of sp³-hybridized carbons (Fsp3) is 0.300. The molecule has 0 N–H and O–H groups in total. The zero-order valence-electron chi connectivity index (χ0n) is 14.3. The monoisotopic (exact) mass is 346 g/mol. The van der Waals surface area contributed by atoms with Gasteiger partial charge in [0.2, 0.25) is 5.91 Å². The number of allylic oxidation sites excluding steroid dienone is 1. The molecule has 5 rings (SSSR count). The van der Waals surface area contributed by atoms with Crippen molar-refractivity contribution < 1.29 is 9.59 Å². The Morgan fingerprint density at radius 3 is 2.88 bits per heavy atom. The first kappa shape index (κ1) is 15.3. The van der Waals surface area contributed by atoms with Crippen LogP contribution in [0.4, 0.5) is 0 Å². The van der Waals surface area contributed by atoms with E-state index >= 15 is 0 Å². The summed E-state index contributed by atoms with van der Waals surface area (Å²) in [4.78, 5) is 33.9. The van der Waals surface area contributed by atoms with E-state index in [1.54, 1.807) is 17.1 Å². The number of benzene rings is 1. The van der Waals surface area contributed by atoms with Gasteiger partial charge in [-0.3, -0.25) is 19.1 Å². The van der Waals surface area contributed by atoms with E-state index in [0.717, 1.165) is 17.7 Å². The Labute approximate surface area is 150 Å². The Morgan fingerprint density at radius 2 is 2.12 bits per heavy atom. The van der Waals surface area contributed by atoms with Crippen LogP contribution in [0.25, 0.3) is 5.70 Å². The summed E-state index contributed by atoms with van der Waals surface area (Å²) in [5.41, 5.74) is 5.17. The standard InChI is InChI=1S/C20H18N4O2/c25-11-14-10-23(12-22-14)19-8-18-17-3-1-2-15(13-4-5-13)16(17)6-7-24(18)20(26)9-21-19/h1-3,8,10-13H,4-7,9H2. The van der Waals surface area contributed by atoms with Crippen LogP contribution in [0.1, 0.15) is 45.9 Å². The molecule has 0 atom stereocenters. The molecule has 130 valence electrons. The van der Waals surface area contributed by atoms with Crippen LogP contribution < -0.4 is 0 Å². The van der Waals surface area contributed by atoms with Gasteiger partial charge in [0.05, 0.1) is 5.70 Å². The summed E-state index contributed by atoms with van der Waals surface area (Å²) in [5.74, 6) is 1.31. The molecule has 3 aliphatic rings. The number of hydrogen-bond donors (Lipinski definition) is 0. The number of fused-ring (bicyclic) bond motifs is 3. The van der Waals surface area contributed by atoms with Gasteiger partial charge < -0.3 is 4.90 Å². The lowest BCUT2D eigenvalue weighted by atomic mass is 9.90. The highest BCUT2D eigenvalue weighted by atomic mass is 16.2. The fourth-order valence-corrected chi connectivity index (χ4v) is 3.89. The zero-order valence-corrected chi connectivity index (χ0v) is 14.3. The Bertz CT molecular complexity index is 981. The molecule has 0 spiro atoms. The average Bonchev–Trinajstić information content (AvgIpc) is 3.43. The van der Waals surface area contributed by atoms with Gasteiger partial charge in [-0.05, 0) is 36.3 Å². The molecule has 6 nitrogen and oxygen atoms in total. The van der Waals surface area contributed by atoms with Crippen LogP contribution in [0.15, 0.2) is 41.8 Å². The smallest absolute Gasteiger partial charge is 0.248 e. The van der Waals surface area contributed by atoms with Crippen LogP contribution in [0, 0.1) is 0 Å². The second-order valence-electron chi connectivity index (χ2n) is 6.97. The highest BCUT2D eigenvalue weighted by molar-refractivity contribution is 6.06. The van der Waals surface area contributed by atoms with Crippen molar-refractivity contribution in [3.63, 3.8) is 0 Å². The highest BCUT2D eigenvalue weighted by Crippen LogP contribution is 2.44. The van der Waals surface area contributed by atoms with E-state index in [2.05, 4.69) is 28.2 Å². The van der Waals surface area contributed by atoms with Gasteiger partial charge >= 0.3 is 0 Å². The molecule has 1 aromatic carbocycles. The van der Waals surface area contributed by atoms with Gasteiger partial charge in [0.25, 0.3) is 0 Å². The number of aliphatic imine (C=N–C) groups is 1. The van der Waals surface area contributed by atoms with Crippen molar-refractivity contribution in [1.82, 2.24) is 14.5 Å². The van der Waals surface area contributed by atoms with Crippen molar-refractivity contribution in [2.75, 3.05) is 13.1 Å². The van der Waals surface area contributed by atoms with E-state index in [1.807, 2.05) is 11.0 Å². The van der Waals surface area contributed by atoms with Crippen molar-refractivity contribution in [2.24, 2.45) is 4.99 Å². The SMILES string of the molecule is O=Cc1cn(C2=NCC(=O)N3CCc4c(cccc4C4CC4)C3=C2)cn1. The van der Waals surface area contributed by atoms with E-state index in [-0.39, 0.29) is 12.5 Å². The fourth-order valence-electron chi connectivity index (χ4n) is 3.89. The average molecular weight is 346 g/mol. The molecule has 0 radical (unpaired) electrons. The van der Waals surface area contributed by atoms with Crippen molar-refractivity contribution in [1.29, 1.82) is 0 Å². The molecule has 1 aliphatic carbocycles. The third kappa shape index (κ3) is 2.41. The van der Waals surface area contributed by atoms with E-state index in [4.69, 9.17) is 0 Å². The third-order valence-corrected chi connectivity index (χ3v) is 5.31. The summed E-state index contributed by atoms with van der Waals surface area (Å²) in [6.07, 6.45) is 9.24. The molecular weight excluding hydrogens is 328 g/mol. The molecule has 0 saturated heterocycles. The number of aldehydes is 1. The number of carbonyl (C=O) groups is 2. The van der Waals surface area contributed by atoms with Crippen molar-refractivity contribution in [3.05, 3.63) is 59.2 Å². The summed E-state index contributed by atoms with van der Waals surface area (Å²) < 4.78 is 1.70. The lowest BCUT2D eigenvalue weighted by molar-refractivity contribution is -0.126. The van der Waals surface area contributed by atoms with E-state index in [9.17, 15) is 9.59 Å². The number of aromatic nitrogens is 2.